The van der Waals surface area contributed by atoms with Gasteiger partial charge in [-0.15, -0.1) is 11.3 Å². The molecule has 1 rings (SSSR count). The first-order chi connectivity index (χ1) is 8.10. The highest BCUT2D eigenvalue weighted by atomic mass is 32.1. The van der Waals surface area contributed by atoms with E-state index in [1.165, 1.54) is 10.7 Å². The first kappa shape index (κ1) is 15.6. The van der Waals surface area contributed by atoms with E-state index in [0.29, 0.717) is 0 Å². The Hall–Kier alpha value is -0.410. The molecule has 1 unspecified atom stereocenters. The van der Waals surface area contributed by atoms with Gasteiger partial charge < -0.3 is 5.73 Å². The summed E-state index contributed by atoms with van der Waals surface area (Å²) in [5.74, 6) is 0. The van der Waals surface area contributed by atoms with E-state index in [2.05, 4.69) is 46.9 Å². The minimum Gasteiger partial charge on any atom is -0.327 e. The third kappa shape index (κ3) is 4.69. The fourth-order valence-electron chi connectivity index (χ4n) is 1.68. The summed E-state index contributed by atoms with van der Waals surface area (Å²) in [6.07, 6.45) is 3.27. The predicted octanol–water partition coefficient (Wildman–Crippen LogP) is 4.14. The van der Waals surface area contributed by atoms with Crippen LogP contribution in [0.1, 0.15) is 65.1 Å². The van der Waals surface area contributed by atoms with Gasteiger partial charge in [0, 0.05) is 16.8 Å². The Labute approximate surface area is 116 Å². The molecule has 3 heteroatoms. The van der Waals surface area contributed by atoms with Crippen LogP contribution in [0.3, 0.4) is 0 Å². The Morgan fingerprint density at radius 2 is 1.83 bits per heavy atom. The molecule has 0 spiro atoms. The third-order valence-corrected chi connectivity index (χ3v) is 4.25. The molecule has 1 aromatic rings. The maximum atomic E-state index is 6.17. The SMILES string of the molecule is CC(C)(C)c1csc(CCCC(N)C(C)(C)C)n1. The maximum Gasteiger partial charge on any atom is 0.0928 e. The molecule has 0 amide bonds. The van der Waals surface area contributed by atoms with Crippen LogP contribution in [0.15, 0.2) is 5.38 Å². The average molecular weight is 268 g/mol. The van der Waals surface area contributed by atoms with E-state index in [9.17, 15) is 0 Å². The fraction of sp³-hybridized carbons (Fsp3) is 0.800. The molecule has 0 aliphatic carbocycles. The Balaban J connectivity index is 2.43. The zero-order valence-electron chi connectivity index (χ0n) is 12.7. The number of rotatable bonds is 4. The first-order valence-electron chi connectivity index (χ1n) is 6.81. The summed E-state index contributed by atoms with van der Waals surface area (Å²) >= 11 is 1.78. The van der Waals surface area contributed by atoms with Crippen molar-refractivity contribution in [2.24, 2.45) is 11.1 Å². The van der Waals surface area contributed by atoms with Crippen molar-refractivity contribution in [1.29, 1.82) is 0 Å². The van der Waals surface area contributed by atoms with Gasteiger partial charge in [-0.25, -0.2) is 4.98 Å². The van der Waals surface area contributed by atoms with E-state index in [0.717, 1.165) is 19.3 Å². The number of aromatic nitrogens is 1. The molecule has 1 heterocycles. The van der Waals surface area contributed by atoms with E-state index >= 15 is 0 Å². The van der Waals surface area contributed by atoms with Crippen LogP contribution in [-0.4, -0.2) is 11.0 Å². The van der Waals surface area contributed by atoms with Crippen LogP contribution in [0.4, 0.5) is 0 Å². The quantitative estimate of drug-likeness (QED) is 0.891. The lowest BCUT2D eigenvalue weighted by Gasteiger charge is -2.26. The molecule has 1 aromatic heterocycles. The van der Waals surface area contributed by atoms with Gasteiger partial charge in [-0.3, -0.25) is 0 Å². The minimum atomic E-state index is 0.163. The zero-order valence-corrected chi connectivity index (χ0v) is 13.5. The van der Waals surface area contributed by atoms with Crippen LogP contribution in [0.2, 0.25) is 0 Å². The Morgan fingerprint density at radius 1 is 1.22 bits per heavy atom. The molecule has 0 aliphatic rings. The van der Waals surface area contributed by atoms with Gasteiger partial charge in [0.25, 0.3) is 0 Å². The van der Waals surface area contributed by atoms with Crippen molar-refractivity contribution >= 4 is 11.3 Å². The largest absolute Gasteiger partial charge is 0.327 e. The molecule has 0 saturated carbocycles. The van der Waals surface area contributed by atoms with E-state index in [-0.39, 0.29) is 16.9 Å². The molecular formula is C15H28N2S. The van der Waals surface area contributed by atoms with Crippen LogP contribution in [0, 0.1) is 5.41 Å². The summed E-state index contributed by atoms with van der Waals surface area (Å²) in [5.41, 5.74) is 7.75. The van der Waals surface area contributed by atoms with Crippen molar-refractivity contribution in [2.45, 2.75) is 72.3 Å². The second-order valence-corrected chi connectivity index (χ2v) is 8.18. The Morgan fingerprint density at radius 3 is 2.28 bits per heavy atom. The summed E-state index contributed by atoms with van der Waals surface area (Å²) in [6.45, 7) is 13.3. The molecule has 1 atom stereocenters. The molecule has 2 nitrogen and oxygen atoms in total. The highest BCUT2D eigenvalue weighted by Crippen LogP contribution is 2.25. The molecule has 0 bridgehead atoms. The molecule has 0 aliphatic heterocycles. The van der Waals surface area contributed by atoms with Crippen molar-refractivity contribution in [1.82, 2.24) is 4.98 Å². The van der Waals surface area contributed by atoms with Gasteiger partial charge in [-0.05, 0) is 24.7 Å². The van der Waals surface area contributed by atoms with Crippen molar-refractivity contribution in [3.8, 4) is 0 Å². The molecule has 0 saturated heterocycles. The number of nitrogens with two attached hydrogens (primary N) is 1. The molecule has 18 heavy (non-hydrogen) atoms. The van der Waals surface area contributed by atoms with Crippen LogP contribution in [0.5, 0.6) is 0 Å². The number of nitrogens with zero attached hydrogens (tertiary/aromatic N) is 1. The maximum absolute atomic E-state index is 6.17. The van der Waals surface area contributed by atoms with E-state index in [4.69, 9.17) is 10.7 Å². The van der Waals surface area contributed by atoms with E-state index in [1.54, 1.807) is 11.3 Å². The molecule has 0 radical (unpaired) electrons. The van der Waals surface area contributed by atoms with Gasteiger partial charge in [-0.2, -0.15) is 0 Å². The van der Waals surface area contributed by atoms with Crippen LogP contribution < -0.4 is 5.73 Å². The van der Waals surface area contributed by atoms with Gasteiger partial charge in [0.15, 0.2) is 0 Å². The molecule has 0 aromatic carbocycles. The number of hydrogen-bond acceptors (Lipinski definition) is 3. The second kappa shape index (κ2) is 5.70. The Kier molecular flexibility index (Phi) is 4.96. The summed E-state index contributed by atoms with van der Waals surface area (Å²) in [5, 5.41) is 3.44. The molecule has 2 N–H and O–H groups in total. The third-order valence-electron chi connectivity index (χ3n) is 3.34. The van der Waals surface area contributed by atoms with Gasteiger partial charge >= 0.3 is 0 Å². The van der Waals surface area contributed by atoms with Crippen molar-refractivity contribution in [3.63, 3.8) is 0 Å². The second-order valence-electron chi connectivity index (χ2n) is 7.24. The zero-order chi connectivity index (χ0) is 14.0. The smallest absolute Gasteiger partial charge is 0.0928 e. The monoisotopic (exact) mass is 268 g/mol. The lowest BCUT2D eigenvalue weighted by Crippen LogP contribution is -2.34. The minimum absolute atomic E-state index is 0.163. The topological polar surface area (TPSA) is 38.9 Å². The number of hydrogen-bond donors (Lipinski definition) is 1. The van der Waals surface area contributed by atoms with Crippen molar-refractivity contribution in [2.75, 3.05) is 0 Å². The highest BCUT2D eigenvalue weighted by molar-refractivity contribution is 7.09. The van der Waals surface area contributed by atoms with Crippen LogP contribution >= 0.6 is 11.3 Å². The average Bonchev–Trinajstić information content (AvgIpc) is 2.64. The van der Waals surface area contributed by atoms with E-state index < -0.39 is 0 Å². The van der Waals surface area contributed by atoms with Crippen LogP contribution in [-0.2, 0) is 11.8 Å². The fourth-order valence-corrected chi connectivity index (χ4v) is 2.74. The van der Waals surface area contributed by atoms with E-state index in [1.807, 2.05) is 0 Å². The van der Waals surface area contributed by atoms with Crippen molar-refractivity contribution in [3.05, 3.63) is 16.1 Å². The summed E-state index contributed by atoms with van der Waals surface area (Å²) in [6, 6.07) is 0.277. The molecular weight excluding hydrogens is 240 g/mol. The number of aryl methyl sites for hydroxylation is 1. The van der Waals surface area contributed by atoms with Gasteiger partial charge in [-0.1, -0.05) is 41.5 Å². The van der Waals surface area contributed by atoms with Crippen LogP contribution in [0.25, 0.3) is 0 Å². The predicted molar refractivity (Wildman–Crippen MR) is 81.2 cm³/mol. The lowest BCUT2D eigenvalue weighted by atomic mass is 9.84. The number of thiazole rings is 1. The molecule has 104 valence electrons. The normalized spacial score (nSPS) is 14.8. The lowest BCUT2D eigenvalue weighted by molar-refractivity contribution is 0.301. The standard InChI is InChI=1S/C15H28N2S/c1-14(2,3)11(16)8-7-9-13-17-12(10-18-13)15(4,5)6/h10-11H,7-9,16H2,1-6H3. The summed E-state index contributed by atoms with van der Waals surface area (Å²) < 4.78 is 0. The van der Waals surface area contributed by atoms with Gasteiger partial charge in [0.2, 0.25) is 0 Å². The van der Waals surface area contributed by atoms with Gasteiger partial charge in [0.05, 0.1) is 10.7 Å². The summed E-state index contributed by atoms with van der Waals surface area (Å²) in [7, 11) is 0. The van der Waals surface area contributed by atoms with Gasteiger partial charge in [0.1, 0.15) is 0 Å². The van der Waals surface area contributed by atoms with Crippen molar-refractivity contribution < 1.29 is 0 Å². The Bertz CT molecular complexity index is 369. The highest BCUT2D eigenvalue weighted by Gasteiger charge is 2.20. The molecule has 0 fully saturated rings. The summed E-state index contributed by atoms with van der Waals surface area (Å²) in [4.78, 5) is 4.72. The first-order valence-corrected chi connectivity index (χ1v) is 7.69.